The molecule has 1 amide bonds. The molecule has 0 radical (unpaired) electrons. The van der Waals surface area contributed by atoms with Gasteiger partial charge in [-0.05, 0) is 24.4 Å². The van der Waals surface area contributed by atoms with E-state index in [2.05, 4.69) is 6.92 Å². The molecule has 2 rings (SSSR count). The molecule has 2 N–H and O–H groups in total. The van der Waals surface area contributed by atoms with E-state index < -0.39 is 4.92 Å². The lowest BCUT2D eigenvalue weighted by Gasteiger charge is -2.22. The molecule has 1 aliphatic heterocycles. The van der Waals surface area contributed by atoms with Gasteiger partial charge in [-0.15, -0.1) is 12.4 Å². The summed E-state index contributed by atoms with van der Waals surface area (Å²) < 4.78 is 10.4. The quantitative estimate of drug-likeness (QED) is 0.610. The third-order valence-electron chi connectivity index (χ3n) is 4.11. The maximum Gasteiger partial charge on any atom is 0.311 e. The molecule has 0 spiro atoms. The first-order valence-electron chi connectivity index (χ1n) is 7.31. The van der Waals surface area contributed by atoms with Gasteiger partial charge in [-0.3, -0.25) is 14.9 Å². The van der Waals surface area contributed by atoms with Gasteiger partial charge < -0.3 is 20.1 Å². The van der Waals surface area contributed by atoms with Crippen molar-refractivity contribution in [3.63, 3.8) is 0 Å². The molecule has 1 unspecified atom stereocenters. The lowest BCUT2D eigenvalue weighted by molar-refractivity contribution is -0.385. The van der Waals surface area contributed by atoms with E-state index in [0.29, 0.717) is 25.4 Å². The number of carbonyl (C=O) groups excluding carboxylic acids is 1. The van der Waals surface area contributed by atoms with E-state index >= 15 is 0 Å². The lowest BCUT2D eigenvalue weighted by Crippen LogP contribution is -2.36. The van der Waals surface area contributed by atoms with Crippen molar-refractivity contribution in [2.75, 3.05) is 33.4 Å². The molecule has 1 saturated heterocycles. The number of nitro groups is 1. The summed E-state index contributed by atoms with van der Waals surface area (Å²) >= 11 is 0. The average Bonchev–Trinajstić information content (AvgIpc) is 2.95. The van der Waals surface area contributed by atoms with Crippen LogP contribution in [-0.2, 0) is 4.79 Å². The second-order valence-electron chi connectivity index (χ2n) is 5.96. The van der Waals surface area contributed by atoms with E-state index in [4.69, 9.17) is 15.2 Å². The molecule has 0 aliphatic carbocycles. The van der Waals surface area contributed by atoms with Crippen LogP contribution in [0.2, 0.25) is 0 Å². The zero-order valence-corrected chi connectivity index (χ0v) is 14.5. The summed E-state index contributed by atoms with van der Waals surface area (Å²) in [4.78, 5) is 24.2. The molecule has 24 heavy (non-hydrogen) atoms. The summed E-state index contributed by atoms with van der Waals surface area (Å²) in [6, 6.07) is 4.14. The van der Waals surface area contributed by atoms with Gasteiger partial charge in [-0.2, -0.15) is 0 Å². The number of ether oxygens (including phenoxy) is 2. The third kappa shape index (κ3) is 4.48. The number of nitrogens with two attached hydrogens (primary N) is 1. The lowest BCUT2D eigenvalue weighted by atomic mass is 9.90. The monoisotopic (exact) mass is 359 g/mol. The largest absolute Gasteiger partial charge is 0.490 e. The molecule has 1 fully saturated rings. The molecule has 8 nitrogen and oxygen atoms in total. The van der Waals surface area contributed by atoms with Crippen LogP contribution >= 0.6 is 12.4 Å². The summed E-state index contributed by atoms with van der Waals surface area (Å²) in [7, 11) is 1.34. The minimum Gasteiger partial charge on any atom is -0.490 e. The molecule has 1 atom stereocenters. The van der Waals surface area contributed by atoms with E-state index in [9.17, 15) is 14.9 Å². The van der Waals surface area contributed by atoms with Gasteiger partial charge in [0, 0.05) is 25.2 Å². The number of likely N-dealkylation sites (tertiary alicyclic amines) is 1. The Morgan fingerprint density at radius 2 is 2.21 bits per heavy atom. The Kier molecular flexibility index (Phi) is 6.80. The van der Waals surface area contributed by atoms with Crippen LogP contribution in [0.5, 0.6) is 11.5 Å². The Balaban J connectivity index is 0.00000288. The summed E-state index contributed by atoms with van der Waals surface area (Å²) in [6.07, 6.45) is 0.876. The molecule has 0 bridgehead atoms. The van der Waals surface area contributed by atoms with Crippen LogP contribution in [0.4, 0.5) is 5.69 Å². The van der Waals surface area contributed by atoms with Crippen LogP contribution in [0, 0.1) is 15.5 Å². The van der Waals surface area contributed by atoms with Crippen LogP contribution < -0.4 is 15.2 Å². The fourth-order valence-corrected chi connectivity index (χ4v) is 2.54. The maximum absolute atomic E-state index is 12.2. The molecule has 1 aromatic carbocycles. The van der Waals surface area contributed by atoms with Crippen molar-refractivity contribution in [3.8, 4) is 11.5 Å². The number of hydrogen-bond donors (Lipinski definition) is 1. The minimum atomic E-state index is -0.536. The van der Waals surface area contributed by atoms with Gasteiger partial charge in [0.15, 0.2) is 6.61 Å². The molecular formula is C15H22ClN3O5. The molecule has 1 aliphatic rings. The van der Waals surface area contributed by atoms with Crippen molar-refractivity contribution in [3.05, 3.63) is 28.3 Å². The summed E-state index contributed by atoms with van der Waals surface area (Å²) in [5.74, 6) is 0.318. The fraction of sp³-hybridized carbons (Fsp3) is 0.533. The highest BCUT2D eigenvalue weighted by atomic mass is 35.5. The molecule has 1 aromatic rings. The van der Waals surface area contributed by atoms with Crippen LogP contribution in [0.3, 0.4) is 0 Å². The van der Waals surface area contributed by atoms with Crippen molar-refractivity contribution < 1.29 is 19.2 Å². The first-order chi connectivity index (χ1) is 10.9. The number of nitro benzene ring substituents is 1. The summed E-state index contributed by atoms with van der Waals surface area (Å²) in [5, 5.41) is 10.8. The number of halogens is 1. The highest BCUT2D eigenvalue weighted by Gasteiger charge is 2.34. The number of methoxy groups -OCH3 is 1. The Morgan fingerprint density at radius 1 is 1.50 bits per heavy atom. The molecular weight excluding hydrogens is 338 g/mol. The van der Waals surface area contributed by atoms with Crippen molar-refractivity contribution in [1.82, 2.24) is 4.90 Å². The Morgan fingerprint density at radius 3 is 2.75 bits per heavy atom. The zero-order chi connectivity index (χ0) is 17.0. The standard InChI is InChI=1S/C15H21N3O5.ClH/c1-15(9-16)5-6-17(10-15)14(19)8-23-11-3-4-12(18(20)21)13(7-11)22-2;/h3-4,7H,5-6,8-10,16H2,1-2H3;1H. The van der Waals surface area contributed by atoms with Crippen molar-refractivity contribution >= 4 is 24.0 Å². The smallest absolute Gasteiger partial charge is 0.311 e. The number of hydrogen-bond acceptors (Lipinski definition) is 6. The molecule has 0 saturated carbocycles. The second-order valence-corrected chi connectivity index (χ2v) is 5.96. The molecule has 134 valence electrons. The SMILES string of the molecule is COc1cc(OCC(=O)N2CCC(C)(CN)C2)ccc1[N+](=O)[O-].Cl. The van der Waals surface area contributed by atoms with Crippen LogP contribution in [0.25, 0.3) is 0 Å². The van der Waals surface area contributed by atoms with E-state index in [0.717, 1.165) is 6.42 Å². The first kappa shape index (κ1) is 20.0. The van der Waals surface area contributed by atoms with Gasteiger partial charge >= 0.3 is 5.69 Å². The number of carbonyl (C=O) groups is 1. The Hall–Kier alpha value is -2.06. The Labute approximate surface area is 146 Å². The van der Waals surface area contributed by atoms with Crippen molar-refractivity contribution in [1.29, 1.82) is 0 Å². The average molecular weight is 360 g/mol. The summed E-state index contributed by atoms with van der Waals surface area (Å²) in [6.45, 7) is 3.76. The van der Waals surface area contributed by atoms with Gasteiger partial charge in [-0.1, -0.05) is 6.92 Å². The van der Waals surface area contributed by atoms with E-state index in [1.54, 1.807) is 4.90 Å². The third-order valence-corrected chi connectivity index (χ3v) is 4.11. The van der Waals surface area contributed by atoms with Crippen LogP contribution in [0.15, 0.2) is 18.2 Å². The number of benzene rings is 1. The second kappa shape index (κ2) is 8.16. The molecule has 9 heteroatoms. The topological polar surface area (TPSA) is 108 Å². The highest BCUT2D eigenvalue weighted by molar-refractivity contribution is 5.85. The van der Waals surface area contributed by atoms with Gasteiger partial charge in [0.1, 0.15) is 5.75 Å². The first-order valence-corrected chi connectivity index (χ1v) is 7.31. The van der Waals surface area contributed by atoms with Crippen molar-refractivity contribution in [2.24, 2.45) is 11.1 Å². The van der Waals surface area contributed by atoms with Gasteiger partial charge in [0.05, 0.1) is 12.0 Å². The van der Waals surface area contributed by atoms with Gasteiger partial charge in [0.2, 0.25) is 5.75 Å². The number of rotatable bonds is 6. The molecule has 1 heterocycles. The van der Waals surface area contributed by atoms with E-state index in [-0.39, 0.29) is 41.8 Å². The Bertz CT molecular complexity index is 613. The number of amides is 1. The molecule has 0 aromatic heterocycles. The van der Waals surface area contributed by atoms with E-state index in [1.165, 1.54) is 25.3 Å². The zero-order valence-electron chi connectivity index (χ0n) is 13.7. The highest BCUT2D eigenvalue weighted by Crippen LogP contribution is 2.31. The van der Waals surface area contributed by atoms with Gasteiger partial charge in [0.25, 0.3) is 5.91 Å². The predicted octanol–water partition coefficient (Wildman–Crippen LogP) is 1.60. The fourth-order valence-electron chi connectivity index (χ4n) is 2.54. The number of nitrogens with zero attached hydrogens (tertiary/aromatic N) is 2. The normalized spacial score (nSPS) is 19.5. The van der Waals surface area contributed by atoms with Crippen LogP contribution in [-0.4, -0.2) is 49.1 Å². The van der Waals surface area contributed by atoms with E-state index in [1.807, 2.05) is 0 Å². The van der Waals surface area contributed by atoms with Crippen molar-refractivity contribution in [2.45, 2.75) is 13.3 Å². The predicted molar refractivity (Wildman–Crippen MR) is 90.7 cm³/mol. The summed E-state index contributed by atoms with van der Waals surface area (Å²) in [5.41, 5.74) is 5.54. The minimum absolute atomic E-state index is 0. The van der Waals surface area contributed by atoms with Gasteiger partial charge in [-0.25, -0.2) is 0 Å². The van der Waals surface area contributed by atoms with Crippen LogP contribution in [0.1, 0.15) is 13.3 Å². The maximum atomic E-state index is 12.2.